The maximum Gasteiger partial charge on any atom is 0.259 e. The molecule has 3 heterocycles. The van der Waals surface area contributed by atoms with E-state index in [-0.39, 0.29) is 12.2 Å². The molecule has 3 aromatic heterocycles. The summed E-state index contributed by atoms with van der Waals surface area (Å²) >= 11 is 1.65. The van der Waals surface area contributed by atoms with Gasteiger partial charge in [0, 0.05) is 18.0 Å². The maximum atomic E-state index is 12.9. The topological polar surface area (TPSA) is 91.6 Å². The molecule has 0 aromatic carbocycles. The molecule has 0 radical (unpaired) electrons. The number of fused-ring (bicyclic) bond motifs is 3. The van der Waals surface area contributed by atoms with Gasteiger partial charge in [0.2, 0.25) is 0 Å². The van der Waals surface area contributed by atoms with Gasteiger partial charge in [-0.1, -0.05) is 6.92 Å². The lowest BCUT2D eigenvalue weighted by Crippen LogP contribution is -2.35. The fourth-order valence-electron chi connectivity index (χ4n) is 4.09. The fourth-order valence-corrected chi connectivity index (χ4v) is 5.49. The van der Waals surface area contributed by atoms with Gasteiger partial charge in [-0.25, -0.2) is 4.98 Å². The van der Waals surface area contributed by atoms with Crippen LogP contribution in [0.4, 0.5) is 0 Å². The number of thiophene rings is 1. The van der Waals surface area contributed by atoms with Crippen molar-refractivity contribution >= 4 is 21.6 Å². The van der Waals surface area contributed by atoms with Crippen LogP contribution in [0.3, 0.4) is 0 Å². The van der Waals surface area contributed by atoms with Crippen LogP contribution in [-0.2, 0) is 30.7 Å². The van der Waals surface area contributed by atoms with Gasteiger partial charge >= 0.3 is 0 Å². The first-order chi connectivity index (χ1) is 14.5. The minimum atomic E-state index is -0.633. The van der Waals surface area contributed by atoms with Crippen LogP contribution in [0.1, 0.15) is 42.3 Å². The lowest BCUT2D eigenvalue weighted by atomic mass is 9.89. The molecular formula is C22H29N3O4S. The average molecular weight is 432 g/mol. The third-order valence-electron chi connectivity index (χ3n) is 5.53. The van der Waals surface area contributed by atoms with E-state index in [1.807, 2.05) is 24.0 Å². The zero-order chi connectivity index (χ0) is 21.1. The highest BCUT2D eigenvalue weighted by Gasteiger charge is 2.23. The minimum absolute atomic E-state index is 0.0603. The SMILES string of the molecule is CCOC[C@H](O)CN(Cc1nc2sc3c(c2c(=O)[nH]1)CC[C@@H](C)C3)Cc1ccco1. The Labute approximate surface area is 179 Å². The van der Waals surface area contributed by atoms with Gasteiger partial charge in [0.1, 0.15) is 16.4 Å². The van der Waals surface area contributed by atoms with Crippen molar-refractivity contribution in [3.05, 3.63) is 50.8 Å². The number of nitrogens with one attached hydrogen (secondary N) is 1. The quantitative estimate of drug-likeness (QED) is 0.541. The van der Waals surface area contributed by atoms with Gasteiger partial charge in [-0.2, -0.15) is 0 Å². The van der Waals surface area contributed by atoms with E-state index >= 15 is 0 Å². The average Bonchev–Trinajstić information content (AvgIpc) is 3.33. The van der Waals surface area contributed by atoms with Crippen LogP contribution in [0, 0.1) is 5.92 Å². The van der Waals surface area contributed by atoms with E-state index in [4.69, 9.17) is 14.1 Å². The molecule has 0 fully saturated rings. The summed E-state index contributed by atoms with van der Waals surface area (Å²) in [5, 5.41) is 11.1. The molecule has 0 saturated heterocycles. The number of ether oxygens (including phenoxy) is 1. The van der Waals surface area contributed by atoms with Crippen molar-refractivity contribution in [3.8, 4) is 0 Å². The summed E-state index contributed by atoms with van der Waals surface area (Å²) < 4.78 is 10.8. The second-order valence-electron chi connectivity index (χ2n) is 8.11. The molecule has 8 heteroatoms. The van der Waals surface area contributed by atoms with Gasteiger partial charge in [0.05, 0.1) is 37.4 Å². The molecule has 2 N–H and O–H groups in total. The molecule has 0 spiro atoms. The summed E-state index contributed by atoms with van der Waals surface area (Å²) in [7, 11) is 0. The van der Waals surface area contributed by atoms with Crippen LogP contribution in [0.5, 0.6) is 0 Å². The second kappa shape index (κ2) is 9.43. The first-order valence-corrected chi connectivity index (χ1v) is 11.4. The van der Waals surface area contributed by atoms with E-state index in [9.17, 15) is 9.90 Å². The predicted molar refractivity (Wildman–Crippen MR) is 117 cm³/mol. The number of aryl methyl sites for hydroxylation is 1. The van der Waals surface area contributed by atoms with Gasteiger partial charge in [0.15, 0.2) is 0 Å². The van der Waals surface area contributed by atoms with Gasteiger partial charge in [-0.3, -0.25) is 9.69 Å². The van der Waals surface area contributed by atoms with Gasteiger partial charge in [-0.15, -0.1) is 11.3 Å². The molecule has 0 saturated carbocycles. The van der Waals surface area contributed by atoms with E-state index in [0.29, 0.717) is 38.0 Å². The van der Waals surface area contributed by atoms with E-state index < -0.39 is 6.10 Å². The third-order valence-corrected chi connectivity index (χ3v) is 6.68. The Balaban J connectivity index is 1.57. The number of hydrogen-bond acceptors (Lipinski definition) is 7. The van der Waals surface area contributed by atoms with E-state index in [2.05, 4.69) is 11.9 Å². The van der Waals surface area contributed by atoms with Crippen LogP contribution in [-0.4, -0.2) is 45.8 Å². The van der Waals surface area contributed by atoms with Crippen molar-refractivity contribution < 1.29 is 14.3 Å². The van der Waals surface area contributed by atoms with Crippen molar-refractivity contribution in [2.24, 2.45) is 5.92 Å². The highest BCUT2D eigenvalue weighted by molar-refractivity contribution is 7.18. The number of aromatic nitrogens is 2. The Bertz CT molecular complexity index is 1030. The standard InChI is InChI=1S/C22H29N3O4S/c1-3-28-13-15(26)10-25(11-16-5-4-8-29-16)12-19-23-21(27)20-17-7-6-14(2)9-18(17)30-22(20)24-19/h4-5,8,14-15,26H,3,6-7,9-13H2,1-2H3,(H,23,24,27)/t14-,15-/m1/s1. The number of rotatable bonds is 9. The highest BCUT2D eigenvalue weighted by atomic mass is 32.1. The zero-order valence-corrected chi connectivity index (χ0v) is 18.3. The van der Waals surface area contributed by atoms with Gasteiger partial charge in [-0.05, 0) is 49.8 Å². The Morgan fingerprint density at radius 3 is 3.10 bits per heavy atom. The number of H-pyrrole nitrogens is 1. The maximum absolute atomic E-state index is 12.9. The molecule has 0 bridgehead atoms. The molecule has 0 amide bonds. The van der Waals surface area contributed by atoms with Crippen LogP contribution >= 0.6 is 11.3 Å². The molecule has 4 rings (SSSR count). The fraction of sp³-hybridized carbons (Fsp3) is 0.545. The number of aliphatic hydroxyl groups excluding tert-OH is 1. The summed E-state index contributed by atoms with van der Waals surface area (Å²) in [6, 6.07) is 3.74. The molecule has 1 aliphatic carbocycles. The minimum Gasteiger partial charge on any atom is -0.468 e. The smallest absolute Gasteiger partial charge is 0.259 e. The van der Waals surface area contributed by atoms with Crippen molar-refractivity contribution in [1.82, 2.24) is 14.9 Å². The summed E-state index contributed by atoms with van der Waals surface area (Å²) in [5.41, 5.74) is 1.13. The largest absolute Gasteiger partial charge is 0.468 e. The number of nitrogens with zero attached hydrogens (tertiary/aromatic N) is 2. The molecule has 1 aliphatic rings. The highest BCUT2D eigenvalue weighted by Crippen LogP contribution is 2.35. The van der Waals surface area contributed by atoms with E-state index in [0.717, 1.165) is 35.2 Å². The summed E-state index contributed by atoms with van der Waals surface area (Å²) in [5.74, 6) is 2.05. The molecule has 162 valence electrons. The Kier molecular flexibility index (Phi) is 6.67. The second-order valence-corrected chi connectivity index (χ2v) is 9.19. The third kappa shape index (κ3) is 4.83. The number of aliphatic hydroxyl groups is 1. The lowest BCUT2D eigenvalue weighted by molar-refractivity contribution is 0.0163. The van der Waals surface area contributed by atoms with E-state index in [1.165, 1.54) is 10.4 Å². The van der Waals surface area contributed by atoms with E-state index in [1.54, 1.807) is 17.6 Å². The van der Waals surface area contributed by atoms with Crippen LogP contribution < -0.4 is 5.56 Å². The van der Waals surface area contributed by atoms with Gasteiger partial charge in [0.25, 0.3) is 5.56 Å². The number of aromatic amines is 1. The van der Waals surface area contributed by atoms with Crippen molar-refractivity contribution in [3.63, 3.8) is 0 Å². The molecule has 2 atom stereocenters. The number of hydrogen-bond donors (Lipinski definition) is 2. The Hall–Kier alpha value is -2.00. The van der Waals surface area contributed by atoms with Crippen LogP contribution in [0.15, 0.2) is 27.6 Å². The molecule has 3 aromatic rings. The van der Waals surface area contributed by atoms with Crippen molar-refractivity contribution in [1.29, 1.82) is 0 Å². The molecule has 30 heavy (non-hydrogen) atoms. The Morgan fingerprint density at radius 1 is 1.47 bits per heavy atom. The molecular weight excluding hydrogens is 402 g/mol. The zero-order valence-electron chi connectivity index (χ0n) is 17.5. The van der Waals surface area contributed by atoms with Crippen molar-refractivity contribution in [2.45, 2.75) is 52.3 Å². The Morgan fingerprint density at radius 2 is 2.33 bits per heavy atom. The summed E-state index contributed by atoms with van der Waals surface area (Å²) in [6.07, 6.45) is 4.10. The predicted octanol–water partition coefficient (Wildman–Crippen LogP) is 3.10. The summed E-state index contributed by atoms with van der Waals surface area (Å²) in [4.78, 5) is 24.8. The summed E-state index contributed by atoms with van der Waals surface area (Å²) in [6.45, 7) is 6.30. The van der Waals surface area contributed by atoms with Crippen molar-refractivity contribution in [2.75, 3.05) is 19.8 Å². The van der Waals surface area contributed by atoms with Crippen LogP contribution in [0.25, 0.3) is 10.2 Å². The van der Waals surface area contributed by atoms with Gasteiger partial charge < -0.3 is 19.2 Å². The first kappa shape index (κ1) is 21.2. The van der Waals surface area contributed by atoms with Crippen LogP contribution in [0.2, 0.25) is 0 Å². The molecule has 7 nitrogen and oxygen atoms in total. The molecule has 0 unspecified atom stereocenters. The normalized spacial score (nSPS) is 17.5. The number of furan rings is 1. The molecule has 0 aliphatic heterocycles. The monoisotopic (exact) mass is 431 g/mol. The first-order valence-electron chi connectivity index (χ1n) is 10.6. The lowest BCUT2D eigenvalue weighted by Gasteiger charge is -2.23.